The van der Waals surface area contributed by atoms with Gasteiger partial charge in [0, 0.05) is 12.8 Å². The van der Waals surface area contributed by atoms with Gasteiger partial charge in [0.25, 0.3) is 0 Å². The molecule has 1 aliphatic carbocycles. The van der Waals surface area contributed by atoms with Crippen LogP contribution in [-0.4, -0.2) is 114 Å². The van der Waals surface area contributed by atoms with Gasteiger partial charge in [-0.05, 0) is 96.8 Å². The second kappa shape index (κ2) is 38.8. The van der Waals surface area contributed by atoms with Crippen LogP contribution in [-0.2, 0) is 41.8 Å². The van der Waals surface area contributed by atoms with Crippen LogP contribution in [0.5, 0.6) is 0 Å². The molecule has 1 saturated carbocycles. The molecule has 8 N–H and O–H groups in total. The van der Waals surface area contributed by atoms with Crippen molar-refractivity contribution in [3.63, 3.8) is 0 Å². The van der Waals surface area contributed by atoms with Gasteiger partial charge in [-0.3, -0.25) is 23.2 Å². The molecule has 5 unspecified atom stereocenters. The van der Waals surface area contributed by atoms with Crippen LogP contribution in [0.4, 0.5) is 0 Å². The van der Waals surface area contributed by atoms with E-state index in [1.165, 1.54) is 38.5 Å². The van der Waals surface area contributed by atoms with Crippen molar-refractivity contribution in [2.24, 2.45) is 0 Å². The number of carbonyl (C=O) groups is 2. The van der Waals surface area contributed by atoms with Gasteiger partial charge in [-0.15, -0.1) is 0 Å². The second-order valence-electron chi connectivity index (χ2n) is 16.8. The molecule has 390 valence electrons. The van der Waals surface area contributed by atoms with Crippen LogP contribution in [0.3, 0.4) is 0 Å². The molecule has 0 spiro atoms. The average Bonchev–Trinajstić information content (AvgIpc) is 3.28. The minimum absolute atomic E-state index is 0.0266. The van der Waals surface area contributed by atoms with Crippen LogP contribution in [0.25, 0.3) is 0 Å². The highest BCUT2D eigenvalue weighted by molar-refractivity contribution is 7.47. The molecular formula is C49H82O17P2. The Morgan fingerprint density at radius 3 is 1.44 bits per heavy atom. The Bertz CT molecular complexity index is 1650. The first-order valence-electron chi connectivity index (χ1n) is 24.2. The number of ether oxygens (including phenoxy) is 2. The summed E-state index contributed by atoms with van der Waals surface area (Å²) in [6, 6.07) is 0. The van der Waals surface area contributed by atoms with E-state index in [9.17, 15) is 58.9 Å². The lowest BCUT2D eigenvalue weighted by Gasteiger charge is -2.43. The number of phosphoric acid groups is 2. The maximum atomic E-state index is 13.0. The molecule has 17 nitrogen and oxygen atoms in total. The highest BCUT2D eigenvalue weighted by Crippen LogP contribution is 2.49. The van der Waals surface area contributed by atoms with Crippen molar-refractivity contribution in [2.45, 2.75) is 198 Å². The van der Waals surface area contributed by atoms with Crippen molar-refractivity contribution in [3.8, 4) is 0 Å². The van der Waals surface area contributed by atoms with E-state index in [0.29, 0.717) is 32.1 Å². The maximum Gasteiger partial charge on any atom is 0.472 e. The highest BCUT2D eigenvalue weighted by atomic mass is 31.2. The SMILES string of the molecule is CCCCCCCC/C=C\C/C=C\C/C=C\CCCC(=O)OC[C@H](COP(=O)(O)O[C@H]1C(O)C(O)C(O)[C@@H](OP(=O)(O)O)C1O)OC(=O)CCC/C=C\C/C=C\C/C=C\C/C=C\CCC[C@H](C)O. The summed E-state index contributed by atoms with van der Waals surface area (Å²) in [7, 11) is -10.7. The van der Waals surface area contributed by atoms with Crippen LogP contribution in [0.2, 0.25) is 0 Å². The number of allylic oxidation sites excluding steroid dienone is 14. The predicted octanol–water partition coefficient (Wildman–Crippen LogP) is 8.36. The zero-order chi connectivity index (χ0) is 50.5. The van der Waals surface area contributed by atoms with Gasteiger partial charge >= 0.3 is 27.6 Å². The maximum absolute atomic E-state index is 13.0. The van der Waals surface area contributed by atoms with Crippen LogP contribution < -0.4 is 0 Å². The van der Waals surface area contributed by atoms with Crippen molar-refractivity contribution in [1.29, 1.82) is 0 Å². The molecule has 0 amide bonds. The van der Waals surface area contributed by atoms with E-state index >= 15 is 0 Å². The first-order valence-corrected chi connectivity index (χ1v) is 27.2. The molecule has 19 heteroatoms. The van der Waals surface area contributed by atoms with E-state index in [1.807, 2.05) is 30.4 Å². The van der Waals surface area contributed by atoms with Gasteiger partial charge in [-0.25, -0.2) is 9.13 Å². The summed E-state index contributed by atoms with van der Waals surface area (Å²) >= 11 is 0. The number of carbonyl (C=O) groups excluding carboxylic acids is 2. The second-order valence-corrected chi connectivity index (χ2v) is 19.3. The van der Waals surface area contributed by atoms with Crippen molar-refractivity contribution in [3.05, 3.63) is 85.1 Å². The van der Waals surface area contributed by atoms with E-state index < -0.39 is 83.5 Å². The number of hydrogen-bond acceptors (Lipinski definition) is 14. The number of esters is 2. The first kappa shape index (κ1) is 63.2. The van der Waals surface area contributed by atoms with E-state index in [1.54, 1.807) is 6.92 Å². The van der Waals surface area contributed by atoms with Gasteiger partial charge < -0.3 is 49.7 Å². The van der Waals surface area contributed by atoms with Crippen LogP contribution in [0.15, 0.2) is 85.1 Å². The van der Waals surface area contributed by atoms with Crippen LogP contribution in [0, 0.1) is 0 Å². The monoisotopic (exact) mass is 1000 g/mol. The normalized spacial score (nSPS) is 22.4. The van der Waals surface area contributed by atoms with Gasteiger partial charge in [0.05, 0.1) is 12.7 Å². The number of hydrogen-bond donors (Lipinski definition) is 8. The molecule has 0 radical (unpaired) electrons. The van der Waals surface area contributed by atoms with Crippen LogP contribution >= 0.6 is 15.6 Å². The van der Waals surface area contributed by atoms with Gasteiger partial charge in [-0.1, -0.05) is 124 Å². The van der Waals surface area contributed by atoms with Crippen molar-refractivity contribution in [1.82, 2.24) is 0 Å². The van der Waals surface area contributed by atoms with Gasteiger partial charge in [0.2, 0.25) is 0 Å². The fourth-order valence-corrected chi connectivity index (χ4v) is 8.24. The molecule has 0 heterocycles. The lowest BCUT2D eigenvalue weighted by molar-refractivity contribution is -0.216. The number of rotatable bonds is 39. The number of unbranched alkanes of at least 4 members (excludes halogenated alkanes) is 9. The quantitative estimate of drug-likeness (QED) is 0.0124. The van der Waals surface area contributed by atoms with Crippen molar-refractivity contribution >= 4 is 27.6 Å². The summed E-state index contributed by atoms with van der Waals surface area (Å²) in [5.41, 5.74) is 0. The molecule has 9 atom stereocenters. The summed E-state index contributed by atoms with van der Waals surface area (Å²) < 4.78 is 49.2. The lowest BCUT2D eigenvalue weighted by Crippen LogP contribution is -2.64. The fourth-order valence-electron chi connectivity index (χ4n) is 6.70. The van der Waals surface area contributed by atoms with E-state index in [2.05, 4.69) is 66.1 Å². The largest absolute Gasteiger partial charge is 0.472 e. The molecule has 0 aromatic heterocycles. The summed E-state index contributed by atoms with van der Waals surface area (Å²) in [5, 5.41) is 50.5. The minimum Gasteiger partial charge on any atom is -0.462 e. The Morgan fingerprint density at radius 2 is 0.956 bits per heavy atom. The Hall–Kier alpha value is -2.86. The average molecular weight is 1010 g/mol. The smallest absolute Gasteiger partial charge is 0.462 e. The first-order chi connectivity index (χ1) is 32.5. The lowest BCUT2D eigenvalue weighted by atomic mass is 9.85. The third kappa shape index (κ3) is 33.6. The molecule has 0 aromatic rings. The van der Waals surface area contributed by atoms with E-state index in [-0.39, 0.29) is 18.9 Å². The highest BCUT2D eigenvalue weighted by Gasteiger charge is 2.54. The molecule has 1 rings (SSSR count). The zero-order valence-electron chi connectivity index (χ0n) is 40.1. The molecule has 0 aromatic carbocycles. The molecule has 1 aliphatic rings. The van der Waals surface area contributed by atoms with Gasteiger partial charge in [0.1, 0.15) is 43.2 Å². The fraction of sp³-hybridized carbons (Fsp3) is 0.673. The molecule has 1 fully saturated rings. The summed E-state index contributed by atoms with van der Waals surface area (Å²) in [6.07, 6.45) is 31.1. The Balaban J connectivity index is 2.67. The topological polar surface area (TPSA) is 276 Å². The molecule has 0 saturated heterocycles. The zero-order valence-corrected chi connectivity index (χ0v) is 41.9. The molecular weight excluding hydrogens is 922 g/mol. The number of phosphoric ester groups is 2. The Morgan fingerprint density at radius 1 is 0.529 bits per heavy atom. The van der Waals surface area contributed by atoms with Gasteiger partial charge in [0.15, 0.2) is 6.10 Å². The summed E-state index contributed by atoms with van der Waals surface area (Å²) in [4.78, 5) is 54.3. The summed E-state index contributed by atoms with van der Waals surface area (Å²) in [6.45, 7) is 2.56. The standard InChI is InChI=1S/C49H82O17P2/c1-3-4-5-6-7-8-9-10-11-12-15-18-21-24-27-30-33-36-42(51)62-38-41(39-63-68(60,61)66-49-46(55)44(53)45(54)48(47(49)56)65-67(57,58)59)64-43(52)37-34-31-28-25-22-19-16-13-14-17-20-23-26-29-32-35-40(2)50/h10-11,14-19,23-28,40-41,44-50,53-56H,3-9,12-13,20-22,29-39H2,1-2H3,(H,60,61)(H2,57,58,59)/b11-10-,17-14-,18-15-,19-16-,26-23-,27-24-,28-25-/t40-,41+,44?,45?,46?,47?,48+,49-/m0/s1. The predicted molar refractivity (Wildman–Crippen MR) is 261 cm³/mol. The Kier molecular flexibility index (Phi) is 36.1. The van der Waals surface area contributed by atoms with E-state index in [4.69, 9.17) is 18.5 Å². The van der Waals surface area contributed by atoms with Crippen molar-refractivity contribution < 1.29 is 82.0 Å². The third-order valence-corrected chi connectivity index (χ3v) is 12.0. The van der Waals surface area contributed by atoms with E-state index in [0.717, 1.165) is 51.4 Å². The summed E-state index contributed by atoms with van der Waals surface area (Å²) in [5.74, 6) is -1.36. The van der Waals surface area contributed by atoms with Gasteiger partial charge in [-0.2, -0.15) is 0 Å². The molecule has 68 heavy (non-hydrogen) atoms. The molecule has 0 bridgehead atoms. The Labute approximate surface area is 404 Å². The van der Waals surface area contributed by atoms with Crippen LogP contribution in [0.1, 0.15) is 149 Å². The number of aliphatic hydroxyl groups excluding tert-OH is 5. The number of aliphatic hydroxyl groups is 5. The molecule has 0 aliphatic heterocycles. The third-order valence-electron chi connectivity index (χ3n) is 10.5. The van der Waals surface area contributed by atoms with Crippen molar-refractivity contribution in [2.75, 3.05) is 13.2 Å². The minimum atomic E-state index is -5.38.